The number of carbonyl (C=O) groups excluding carboxylic acids is 2. The van der Waals surface area contributed by atoms with Gasteiger partial charge in [-0.25, -0.2) is 0 Å². The molecule has 20 heavy (non-hydrogen) atoms. The van der Waals surface area contributed by atoms with E-state index in [0.717, 1.165) is 0 Å². The summed E-state index contributed by atoms with van der Waals surface area (Å²) in [4.78, 5) is 21.9. The van der Waals surface area contributed by atoms with Gasteiger partial charge >= 0.3 is 0 Å². The second-order valence-corrected chi connectivity index (χ2v) is 4.78. The molecule has 1 rings (SSSR count). The highest BCUT2D eigenvalue weighted by molar-refractivity contribution is 5.73. The molecular formula is C11H19NO8. The average Bonchev–Trinajstić information content (AvgIpc) is 2.39. The molecular weight excluding hydrogens is 274 g/mol. The summed E-state index contributed by atoms with van der Waals surface area (Å²) in [6.45, 7) is 0.364. The third-order valence-electron chi connectivity index (χ3n) is 3.08. The summed E-state index contributed by atoms with van der Waals surface area (Å²) in [6.07, 6.45) is -6.66. The Hall–Kier alpha value is -1.10. The zero-order valence-corrected chi connectivity index (χ0v) is 10.8. The molecule has 1 fully saturated rings. The number of ether oxygens (including phenoxy) is 1. The minimum atomic E-state index is -2.34. The monoisotopic (exact) mass is 293 g/mol. The van der Waals surface area contributed by atoms with Crippen molar-refractivity contribution in [3.05, 3.63) is 0 Å². The fraction of sp³-hybridized carbons (Fsp3) is 0.818. The van der Waals surface area contributed by atoms with Gasteiger partial charge in [0.05, 0.1) is 18.8 Å². The van der Waals surface area contributed by atoms with Crippen LogP contribution in [0.2, 0.25) is 0 Å². The number of aliphatic hydroxyl groups excluding tert-OH is 4. The summed E-state index contributed by atoms with van der Waals surface area (Å²) in [5.74, 6) is -2.88. The maximum Gasteiger partial charge on any atom is 0.226 e. The van der Waals surface area contributed by atoms with E-state index in [-0.39, 0.29) is 6.29 Å². The highest BCUT2D eigenvalue weighted by atomic mass is 16.6. The van der Waals surface area contributed by atoms with Crippen molar-refractivity contribution in [2.45, 2.75) is 49.6 Å². The molecule has 0 unspecified atom stereocenters. The molecule has 1 aliphatic rings. The Balaban J connectivity index is 3.01. The molecule has 1 heterocycles. The number of hydrogen-bond acceptors (Lipinski definition) is 8. The standard InChI is InChI=1S/C11H19NO8/c1-5(15)12-8-6(16)2-11(19,4-14)20-10(8)9(18)7(17)3-13/h4,6-10,13,16-19H,2-3H2,1H3,(H,12,15)/t6-,7+,8+,9+,10+,11-/m0/s1. The largest absolute Gasteiger partial charge is 0.394 e. The lowest BCUT2D eigenvalue weighted by molar-refractivity contribution is -0.280. The summed E-state index contributed by atoms with van der Waals surface area (Å²) in [5.41, 5.74) is 0. The maximum atomic E-state index is 11.1. The quantitative estimate of drug-likeness (QED) is 0.282. The molecule has 1 amide bonds. The lowest BCUT2D eigenvalue weighted by atomic mass is 9.89. The summed E-state index contributed by atoms with van der Waals surface area (Å²) in [7, 11) is 0. The van der Waals surface area contributed by atoms with Gasteiger partial charge in [0.25, 0.3) is 0 Å². The molecule has 1 saturated heterocycles. The summed E-state index contributed by atoms with van der Waals surface area (Å²) in [6, 6.07) is -1.15. The van der Waals surface area contributed by atoms with E-state index in [0.29, 0.717) is 0 Å². The zero-order valence-electron chi connectivity index (χ0n) is 10.8. The van der Waals surface area contributed by atoms with Gasteiger partial charge in [-0.15, -0.1) is 0 Å². The minimum absolute atomic E-state index is 0.0469. The second kappa shape index (κ2) is 6.57. The lowest BCUT2D eigenvalue weighted by Gasteiger charge is -2.44. The zero-order chi connectivity index (χ0) is 15.5. The average molecular weight is 293 g/mol. The topological polar surface area (TPSA) is 157 Å². The summed E-state index contributed by atoms with van der Waals surface area (Å²) < 4.78 is 4.98. The van der Waals surface area contributed by atoms with Crippen molar-refractivity contribution in [2.75, 3.05) is 6.61 Å². The van der Waals surface area contributed by atoms with Gasteiger partial charge < -0.3 is 35.6 Å². The van der Waals surface area contributed by atoms with Crippen LogP contribution < -0.4 is 5.32 Å². The van der Waals surface area contributed by atoms with Crippen molar-refractivity contribution in [2.24, 2.45) is 0 Å². The molecule has 0 aromatic heterocycles. The third kappa shape index (κ3) is 3.72. The molecule has 0 saturated carbocycles. The van der Waals surface area contributed by atoms with Gasteiger partial charge in [-0.05, 0) is 0 Å². The molecule has 116 valence electrons. The molecule has 0 aliphatic carbocycles. The maximum absolute atomic E-state index is 11.1. The van der Waals surface area contributed by atoms with Crippen LogP contribution in [0.25, 0.3) is 0 Å². The number of aliphatic hydroxyl groups is 5. The molecule has 9 nitrogen and oxygen atoms in total. The lowest BCUT2D eigenvalue weighted by Crippen LogP contribution is -2.66. The Labute approximate surface area is 114 Å². The first-order chi connectivity index (χ1) is 9.24. The van der Waals surface area contributed by atoms with Crippen LogP contribution in [0.1, 0.15) is 13.3 Å². The van der Waals surface area contributed by atoms with Gasteiger partial charge in [0.2, 0.25) is 11.7 Å². The van der Waals surface area contributed by atoms with Crippen molar-refractivity contribution in [1.29, 1.82) is 0 Å². The van der Waals surface area contributed by atoms with Crippen LogP contribution in [0.4, 0.5) is 0 Å². The normalized spacial score (nSPS) is 37.0. The summed E-state index contributed by atoms with van der Waals surface area (Å²) >= 11 is 0. The summed E-state index contributed by atoms with van der Waals surface area (Å²) in [5, 5.41) is 50.0. The highest BCUT2D eigenvalue weighted by Gasteiger charge is 2.50. The number of rotatable bonds is 5. The molecule has 6 atom stereocenters. The third-order valence-corrected chi connectivity index (χ3v) is 3.08. The minimum Gasteiger partial charge on any atom is -0.394 e. The second-order valence-electron chi connectivity index (χ2n) is 4.78. The van der Waals surface area contributed by atoms with Gasteiger partial charge in [-0.1, -0.05) is 0 Å². The first-order valence-corrected chi connectivity index (χ1v) is 6.02. The van der Waals surface area contributed by atoms with E-state index in [1.54, 1.807) is 0 Å². The van der Waals surface area contributed by atoms with Crippen LogP contribution in [0.15, 0.2) is 0 Å². The molecule has 1 aliphatic heterocycles. The van der Waals surface area contributed by atoms with Gasteiger partial charge in [-0.2, -0.15) is 0 Å². The number of aldehydes is 1. The van der Waals surface area contributed by atoms with Crippen molar-refractivity contribution < 1.29 is 39.9 Å². The number of hydrogen-bond donors (Lipinski definition) is 6. The Kier molecular flexibility index (Phi) is 5.57. The van der Waals surface area contributed by atoms with E-state index in [1.807, 2.05) is 0 Å². The van der Waals surface area contributed by atoms with Crippen molar-refractivity contribution in [1.82, 2.24) is 5.32 Å². The number of amides is 1. The van der Waals surface area contributed by atoms with Gasteiger partial charge in [0.15, 0.2) is 6.29 Å². The molecule has 9 heteroatoms. The Morgan fingerprint density at radius 3 is 2.60 bits per heavy atom. The van der Waals surface area contributed by atoms with Gasteiger partial charge in [0, 0.05) is 13.3 Å². The van der Waals surface area contributed by atoms with Crippen LogP contribution in [0.3, 0.4) is 0 Å². The van der Waals surface area contributed by atoms with E-state index >= 15 is 0 Å². The Morgan fingerprint density at radius 2 is 2.15 bits per heavy atom. The molecule has 0 aromatic rings. The van der Waals surface area contributed by atoms with Crippen LogP contribution >= 0.6 is 0 Å². The van der Waals surface area contributed by atoms with E-state index in [1.165, 1.54) is 6.92 Å². The first-order valence-electron chi connectivity index (χ1n) is 6.02. The van der Waals surface area contributed by atoms with Crippen molar-refractivity contribution in [3.8, 4) is 0 Å². The fourth-order valence-corrected chi connectivity index (χ4v) is 2.10. The molecule has 0 bridgehead atoms. The predicted octanol–water partition coefficient (Wildman–Crippen LogP) is -3.76. The smallest absolute Gasteiger partial charge is 0.226 e. The van der Waals surface area contributed by atoms with E-state index in [2.05, 4.69) is 5.32 Å². The SMILES string of the molecule is CC(=O)N[C@H]1[C@H]([C@H](O)[C@H](O)CO)O[C@](O)(C=O)C[C@@H]1O. The van der Waals surface area contributed by atoms with E-state index < -0.39 is 55.2 Å². The Bertz CT molecular complexity index is 364. The van der Waals surface area contributed by atoms with Crippen LogP contribution in [0.5, 0.6) is 0 Å². The molecule has 0 aromatic carbocycles. The Morgan fingerprint density at radius 1 is 1.55 bits per heavy atom. The van der Waals surface area contributed by atoms with Crippen LogP contribution in [-0.4, -0.2) is 80.6 Å². The van der Waals surface area contributed by atoms with Crippen molar-refractivity contribution >= 4 is 12.2 Å². The van der Waals surface area contributed by atoms with Crippen LogP contribution in [-0.2, 0) is 14.3 Å². The highest BCUT2D eigenvalue weighted by Crippen LogP contribution is 2.28. The number of carbonyl (C=O) groups is 2. The fourth-order valence-electron chi connectivity index (χ4n) is 2.10. The first kappa shape index (κ1) is 17.0. The molecule has 0 spiro atoms. The predicted molar refractivity (Wildman–Crippen MR) is 63.2 cm³/mol. The van der Waals surface area contributed by atoms with Gasteiger partial charge in [-0.3, -0.25) is 9.59 Å². The molecule has 0 radical (unpaired) electrons. The van der Waals surface area contributed by atoms with Crippen LogP contribution in [0, 0.1) is 0 Å². The van der Waals surface area contributed by atoms with E-state index in [9.17, 15) is 30.0 Å². The van der Waals surface area contributed by atoms with E-state index in [4.69, 9.17) is 9.84 Å². The number of nitrogens with one attached hydrogen (secondary N) is 1. The van der Waals surface area contributed by atoms with Gasteiger partial charge in [0.1, 0.15) is 18.3 Å². The van der Waals surface area contributed by atoms with Crippen molar-refractivity contribution in [3.63, 3.8) is 0 Å². The molecule has 6 N–H and O–H groups in total.